The molecule has 39 heavy (non-hydrogen) atoms. The Kier molecular flexibility index (Phi) is 8.11. The summed E-state index contributed by atoms with van der Waals surface area (Å²) in [5.41, 5.74) is 2.89. The minimum atomic E-state index is -3.53. The summed E-state index contributed by atoms with van der Waals surface area (Å²) >= 11 is 0. The average Bonchev–Trinajstić information content (AvgIpc) is 2.97. The van der Waals surface area contributed by atoms with E-state index in [1.807, 2.05) is 60.7 Å². The van der Waals surface area contributed by atoms with Crippen LogP contribution in [-0.4, -0.2) is 60.9 Å². The lowest BCUT2D eigenvalue weighted by atomic mass is 10.1. The van der Waals surface area contributed by atoms with Crippen LogP contribution in [0.25, 0.3) is 10.9 Å². The molecular weight excluding hydrogens is 510 g/mol. The van der Waals surface area contributed by atoms with Gasteiger partial charge in [0.05, 0.1) is 23.6 Å². The largest absolute Gasteiger partial charge is 0.497 e. The molecule has 0 spiro atoms. The number of sulfonamides is 1. The first-order valence-electron chi connectivity index (χ1n) is 13.4. The van der Waals surface area contributed by atoms with Crippen molar-refractivity contribution in [2.24, 2.45) is 0 Å². The van der Waals surface area contributed by atoms with Crippen LogP contribution in [0.5, 0.6) is 5.75 Å². The number of benzene rings is 3. The average molecular weight is 546 g/mol. The maximum absolute atomic E-state index is 13.3. The Morgan fingerprint density at radius 1 is 0.949 bits per heavy atom. The third-order valence-corrected chi connectivity index (χ3v) is 9.16. The van der Waals surface area contributed by atoms with E-state index in [-0.39, 0.29) is 6.04 Å². The molecule has 1 fully saturated rings. The summed E-state index contributed by atoms with van der Waals surface area (Å²) in [6, 6.07) is 22.9. The van der Waals surface area contributed by atoms with Gasteiger partial charge in [0.2, 0.25) is 10.0 Å². The van der Waals surface area contributed by atoms with Crippen molar-refractivity contribution in [1.29, 1.82) is 0 Å². The molecule has 5 rings (SSSR count). The molecule has 4 aromatic rings. The molecule has 1 aromatic heterocycles. The van der Waals surface area contributed by atoms with Gasteiger partial charge >= 0.3 is 0 Å². The molecule has 2 heterocycles. The molecule has 8 nitrogen and oxygen atoms in total. The van der Waals surface area contributed by atoms with Gasteiger partial charge in [0.25, 0.3) is 0 Å². The minimum Gasteiger partial charge on any atom is -0.497 e. The molecule has 1 aliphatic heterocycles. The lowest BCUT2D eigenvalue weighted by Gasteiger charge is -2.37. The van der Waals surface area contributed by atoms with E-state index in [4.69, 9.17) is 14.7 Å². The van der Waals surface area contributed by atoms with E-state index >= 15 is 0 Å². The molecule has 204 valence electrons. The van der Waals surface area contributed by atoms with Crippen LogP contribution in [0.4, 0.5) is 11.5 Å². The van der Waals surface area contributed by atoms with Gasteiger partial charge in [0, 0.05) is 43.3 Å². The summed E-state index contributed by atoms with van der Waals surface area (Å²) in [6.07, 6.45) is 1.98. The Morgan fingerprint density at radius 2 is 1.69 bits per heavy atom. The number of anilines is 2. The molecule has 0 radical (unpaired) electrons. The zero-order valence-corrected chi connectivity index (χ0v) is 23.5. The number of fused-ring (bicyclic) bond motifs is 1. The van der Waals surface area contributed by atoms with Gasteiger partial charge in [-0.1, -0.05) is 43.7 Å². The normalized spacial score (nSPS) is 15.8. The van der Waals surface area contributed by atoms with Crippen molar-refractivity contribution in [3.63, 3.8) is 0 Å². The summed E-state index contributed by atoms with van der Waals surface area (Å²) in [5, 5.41) is 4.37. The zero-order chi connectivity index (χ0) is 27.4. The molecule has 1 aliphatic rings. The number of nitrogens with one attached hydrogen (secondary N) is 1. The molecule has 1 unspecified atom stereocenters. The van der Waals surface area contributed by atoms with E-state index in [0.717, 1.165) is 46.6 Å². The van der Waals surface area contributed by atoms with Crippen molar-refractivity contribution in [3.8, 4) is 5.75 Å². The van der Waals surface area contributed by atoms with Gasteiger partial charge in [0.1, 0.15) is 17.4 Å². The highest BCUT2D eigenvalue weighted by molar-refractivity contribution is 7.89. The molecule has 1 atom stereocenters. The summed E-state index contributed by atoms with van der Waals surface area (Å²) in [7, 11) is -1.88. The summed E-state index contributed by atoms with van der Waals surface area (Å²) in [4.78, 5) is 12.4. The number of methoxy groups -OCH3 is 1. The Morgan fingerprint density at radius 3 is 2.41 bits per heavy atom. The Bertz CT molecular complexity index is 1530. The van der Waals surface area contributed by atoms with E-state index in [0.29, 0.717) is 36.9 Å². The molecule has 0 saturated carbocycles. The van der Waals surface area contributed by atoms with Gasteiger partial charge in [0.15, 0.2) is 0 Å². The highest BCUT2D eigenvalue weighted by atomic mass is 32.2. The monoisotopic (exact) mass is 545 g/mol. The quantitative estimate of drug-likeness (QED) is 0.301. The number of nitrogens with zero attached hydrogens (tertiary/aromatic N) is 4. The Balaban J connectivity index is 1.33. The van der Waals surface area contributed by atoms with Gasteiger partial charge in [-0.2, -0.15) is 4.31 Å². The fraction of sp³-hybridized carbons (Fsp3) is 0.333. The van der Waals surface area contributed by atoms with Crippen LogP contribution in [0, 0.1) is 0 Å². The van der Waals surface area contributed by atoms with E-state index in [2.05, 4.69) is 24.1 Å². The fourth-order valence-electron chi connectivity index (χ4n) is 4.97. The lowest BCUT2D eigenvalue weighted by molar-refractivity contribution is 0.141. The van der Waals surface area contributed by atoms with Crippen LogP contribution in [0.1, 0.15) is 37.7 Å². The third-order valence-electron chi connectivity index (χ3n) is 7.25. The molecular formula is C30H35N5O3S. The van der Waals surface area contributed by atoms with Crippen molar-refractivity contribution < 1.29 is 13.2 Å². The lowest BCUT2D eigenvalue weighted by Crippen LogP contribution is -2.49. The van der Waals surface area contributed by atoms with Gasteiger partial charge in [-0.25, -0.2) is 18.4 Å². The maximum atomic E-state index is 13.3. The topological polar surface area (TPSA) is 87.7 Å². The number of aryl methyl sites for hydroxylation is 1. The van der Waals surface area contributed by atoms with Crippen LogP contribution in [0.2, 0.25) is 0 Å². The van der Waals surface area contributed by atoms with Crippen LogP contribution in [0.3, 0.4) is 0 Å². The first-order valence-corrected chi connectivity index (χ1v) is 14.8. The summed E-state index contributed by atoms with van der Waals surface area (Å²) in [6.45, 7) is 6.24. The van der Waals surface area contributed by atoms with Gasteiger partial charge in [-0.05, 0) is 55.3 Å². The van der Waals surface area contributed by atoms with Crippen molar-refractivity contribution >= 4 is 32.4 Å². The first kappa shape index (κ1) is 27.1. The number of piperazine rings is 1. The molecule has 1 N–H and O–H groups in total. The number of rotatable bonds is 9. The van der Waals surface area contributed by atoms with E-state index in [1.54, 1.807) is 23.5 Å². The molecule has 0 bridgehead atoms. The minimum absolute atomic E-state index is 0.0846. The molecule has 0 aliphatic carbocycles. The van der Waals surface area contributed by atoms with E-state index in [9.17, 15) is 8.42 Å². The molecule has 3 aromatic carbocycles. The zero-order valence-electron chi connectivity index (χ0n) is 22.7. The predicted octanol–water partition coefficient (Wildman–Crippen LogP) is 5.40. The third kappa shape index (κ3) is 5.90. The van der Waals surface area contributed by atoms with Crippen LogP contribution in [-0.2, 0) is 16.4 Å². The van der Waals surface area contributed by atoms with Crippen molar-refractivity contribution in [2.75, 3.05) is 38.6 Å². The van der Waals surface area contributed by atoms with Crippen molar-refractivity contribution in [1.82, 2.24) is 19.2 Å². The van der Waals surface area contributed by atoms with Gasteiger partial charge < -0.3 is 10.1 Å². The molecule has 9 heteroatoms. The van der Waals surface area contributed by atoms with Crippen molar-refractivity contribution in [2.45, 2.75) is 37.6 Å². The number of hydrogen-bond acceptors (Lipinski definition) is 7. The summed E-state index contributed by atoms with van der Waals surface area (Å²) in [5.74, 6) is 2.18. The highest BCUT2D eigenvalue weighted by Gasteiger charge is 2.31. The number of hydrogen-bond donors (Lipinski definition) is 1. The maximum Gasteiger partial charge on any atom is 0.243 e. The number of ether oxygens (including phenoxy) is 1. The van der Waals surface area contributed by atoms with Gasteiger partial charge in [-0.3, -0.25) is 4.90 Å². The standard InChI is InChI=1S/C30H35N5O3S/c1-4-8-23-13-15-26(16-14-23)39(36,37)35-19-17-34(18-20-35)22(2)29-32-28-12-6-5-11-27(28)30(33-29)31-24-9-7-10-25(21-24)38-3/h5-7,9-16,21-22H,4,8,17-20H2,1-3H3,(H,31,32,33). The molecule has 1 saturated heterocycles. The number of para-hydroxylation sites is 1. The second kappa shape index (κ2) is 11.7. The first-order chi connectivity index (χ1) is 18.9. The SMILES string of the molecule is CCCc1ccc(S(=O)(=O)N2CCN(C(C)c3nc(Nc4cccc(OC)c4)c4ccccc4n3)CC2)cc1. The molecule has 0 amide bonds. The highest BCUT2D eigenvalue weighted by Crippen LogP contribution is 2.29. The van der Waals surface area contributed by atoms with Gasteiger partial charge in [-0.15, -0.1) is 0 Å². The van der Waals surface area contributed by atoms with Crippen LogP contribution < -0.4 is 10.1 Å². The number of aromatic nitrogens is 2. The second-order valence-electron chi connectivity index (χ2n) is 9.81. The van der Waals surface area contributed by atoms with Crippen molar-refractivity contribution in [3.05, 3.63) is 84.2 Å². The predicted molar refractivity (Wildman–Crippen MR) is 155 cm³/mol. The Labute approximate surface area is 230 Å². The Hall–Kier alpha value is -3.53. The fourth-order valence-corrected chi connectivity index (χ4v) is 6.40. The second-order valence-corrected chi connectivity index (χ2v) is 11.8. The summed E-state index contributed by atoms with van der Waals surface area (Å²) < 4.78 is 33.5. The van der Waals surface area contributed by atoms with Crippen LogP contribution >= 0.6 is 0 Å². The van der Waals surface area contributed by atoms with E-state index < -0.39 is 10.0 Å². The van der Waals surface area contributed by atoms with E-state index in [1.165, 1.54) is 0 Å². The smallest absolute Gasteiger partial charge is 0.243 e. The van der Waals surface area contributed by atoms with Crippen LogP contribution in [0.15, 0.2) is 77.7 Å².